The third-order valence-electron chi connectivity index (χ3n) is 4.84. The first kappa shape index (κ1) is 15.6. The third kappa shape index (κ3) is 3.20. The lowest BCUT2D eigenvalue weighted by atomic mass is 10.1. The summed E-state index contributed by atoms with van der Waals surface area (Å²) in [5, 5.41) is 4.17. The molecule has 0 bridgehead atoms. The van der Waals surface area contributed by atoms with Crippen LogP contribution in [0.1, 0.15) is 23.5 Å². The summed E-state index contributed by atoms with van der Waals surface area (Å²) in [6.45, 7) is 0.513. The maximum absolute atomic E-state index is 12.5. The number of hydrogen-bond acceptors (Lipinski definition) is 3. The van der Waals surface area contributed by atoms with Crippen molar-refractivity contribution in [2.45, 2.75) is 18.9 Å². The molecule has 3 aromatic rings. The predicted molar refractivity (Wildman–Crippen MR) is 97.4 cm³/mol. The number of para-hydroxylation sites is 1. The summed E-state index contributed by atoms with van der Waals surface area (Å²) in [5.74, 6) is 1.34. The van der Waals surface area contributed by atoms with Gasteiger partial charge in [-0.05, 0) is 41.7 Å². The van der Waals surface area contributed by atoms with Crippen LogP contribution in [0.15, 0.2) is 60.8 Å². The highest BCUT2D eigenvalue weighted by molar-refractivity contribution is 5.85. The molecular weight excluding hydrogens is 312 g/mol. The molecule has 1 aliphatic carbocycles. The number of ether oxygens (including phenoxy) is 1. The molecule has 0 aliphatic heterocycles. The topological polar surface area (TPSA) is 51.2 Å². The molecule has 2 unspecified atom stereocenters. The Labute approximate surface area is 146 Å². The van der Waals surface area contributed by atoms with Crippen LogP contribution in [-0.2, 0) is 11.3 Å². The maximum atomic E-state index is 12.5. The zero-order valence-electron chi connectivity index (χ0n) is 14.1. The quantitative estimate of drug-likeness (QED) is 0.776. The highest BCUT2D eigenvalue weighted by atomic mass is 16.5. The van der Waals surface area contributed by atoms with Crippen LogP contribution in [0.5, 0.6) is 5.75 Å². The molecule has 0 saturated heterocycles. The molecule has 1 amide bonds. The van der Waals surface area contributed by atoms with E-state index in [4.69, 9.17) is 4.74 Å². The number of methoxy groups -OCH3 is 1. The fraction of sp³-hybridized carbons (Fsp3) is 0.238. The number of carbonyl (C=O) groups is 1. The number of fused-ring (bicyclic) bond motifs is 1. The summed E-state index contributed by atoms with van der Waals surface area (Å²) in [6, 6.07) is 18.0. The third-order valence-corrected chi connectivity index (χ3v) is 4.84. The molecule has 1 fully saturated rings. The fourth-order valence-electron chi connectivity index (χ4n) is 3.33. The Bertz CT molecular complexity index is 900. The summed E-state index contributed by atoms with van der Waals surface area (Å²) in [6.07, 6.45) is 2.69. The number of carbonyl (C=O) groups excluding carboxylic acids is 1. The molecule has 1 N–H and O–H groups in total. The highest BCUT2D eigenvalue weighted by Crippen LogP contribution is 2.47. The van der Waals surface area contributed by atoms with E-state index in [1.54, 1.807) is 13.3 Å². The van der Waals surface area contributed by atoms with Crippen molar-refractivity contribution >= 4 is 16.8 Å². The second kappa shape index (κ2) is 6.55. The molecule has 1 saturated carbocycles. The number of hydrogen-bond donors (Lipinski definition) is 1. The SMILES string of the molecule is COc1ccc(C2CC2C(=O)NCc2cccc3cccnc23)cc1. The molecule has 1 aliphatic rings. The number of amides is 1. The van der Waals surface area contributed by atoms with Gasteiger partial charge in [0.1, 0.15) is 5.75 Å². The standard InChI is InChI=1S/C21H20N2O2/c1-25-17-9-7-14(8-10-17)18-12-19(18)21(24)23-13-16-5-2-4-15-6-3-11-22-20(15)16/h2-11,18-19H,12-13H2,1H3,(H,23,24). The summed E-state index contributed by atoms with van der Waals surface area (Å²) in [4.78, 5) is 16.9. The fourth-order valence-corrected chi connectivity index (χ4v) is 3.33. The normalized spacial score (nSPS) is 18.8. The summed E-state index contributed by atoms with van der Waals surface area (Å²) in [5.41, 5.74) is 3.20. The second-order valence-corrected chi connectivity index (χ2v) is 6.43. The van der Waals surface area contributed by atoms with Gasteiger partial charge in [0.25, 0.3) is 0 Å². The van der Waals surface area contributed by atoms with Crippen LogP contribution in [0.25, 0.3) is 10.9 Å². The Balaban J connectivity index is 1.39. The van der Waals surface area contributed by atoms with Crippen LogP contribution in [0.4, 0.5) is 0 Å². The number of aromatic nitrogens is 1. The Morgan fingerprint density at radius 1 is 1.16 bits per heavy atom. The van der Waals surface area contributed by atoms with Crippen LogP contribution >= 0.6 is 0 Å². The van der Waals surface area contributed by atoms with Gasteiger partial charge in [0.2, 0.25) is 5.91 Å². The Morgan fingerprint density at radius 3 is 2.76 bits per heavy atom. The van der Waals surface area contributed by atoms with Gasteiger partial charge in [-0.25, -0.2) is 0 Å². The van der Waals surface area contributed by atoms with Crippen molar-refractivity contribution < 1.29 is 9.53 Å². The van der Waals surface area contributed by atoms with Crippen molar-refractivity contribution in [3.63, 3.8) is 0 Å². The van der Waals surface area contributed by atoms with E-state index < -0.39 is 0 Å². The van der Waals surface area contributed by atoms with Gasteiger partial charge in [0.15, 0.2) is 0 Å². The Hall–Kier alpha value is -2.88. The van der Waals surface area contributed by atoms with E-state index in [0.717, 1.165) is 28.6 Å². The minimum absolute atomic E-state index is 0.0660. The predicted octanol–water partition coefficient (Wildman–Crippen LogP) is 3.66. The lowest BCUT2D eigenvalue weighted by Gasteiger charge is -2.08. The van der Waals surface area contributed by atoms with Crippen molar-refractivity contribution in [2.24, 2.45) is 5.92 Å². The Morgan fingerprint density at radius 2 is 1.96 bits per heavy atom. The number of nitrogens with one attached hydrogen (secondary N) is 1. The number of pyridine rings is 1. The van der Waals surface area contributed by atoms with E-state index in [1.807, 2.05) is 54.6 Å². The lowest BCUT2D eigenvalue weighted by Crippen LogP contribution is -2.25. The van der Waals surface area contributed by atoms with E-state index in [0.29, 0.717) is 12.5 Å². The number of rotatable bonds is 5. The molecule has 1 aromatic heterocycles. The van der Waals surface area contributed by atoms with Crippen molar-refractivity contribution in [2.75, 3.05) is 7.11 Å². The van der Waals surface area contributed by atoms with Crippen LogP contribution in [0.2, 0.25) is 0 Å². The lowest BCUT2D eigenvalue weighted by molar-refractivity contribution is -0.122. The Kier molecular flexibility index (Phi) is 4.10. The van der Waals surface area contributed by atoms with Crippen LogP contribution in [0, 0.1) is 5.92 Å². The largest absolute Gasteiger partial charge is 0.497 e. The minimum Gasteiger partial charge on any atom is -0.497 e. The van der Waals surface area contributed by atoms with Gasteiger partial charge < -0.3 is 10.1 Å². The van der Waals surface area contributed by atoms with Gasteiger partial charge in [-0.2, -0.15) is 0 Å². The smallest absolute Gasteiger partial charge is 0.224 e. The average molecular weight is 332 g/mol. The molecule has 4 nitrogen and oxygen atoms in total. The first-order chi connectivity index (χ1) is 12.3. The van der Waals surface area contributed by atoms with Crippen molar-refractivity contribution in [1.29, 1.82) is 0 Å². The van der Waals surface area contributed by atoms with Crippen molar-refractivity contribution in [1.82, 2.24) is 10.3 Å². The van der Waals surface area contributed by atoms with Crippen LogP contribution < -0.4 is 10.1 Å². The van der Waals surface area contributed by atoms with Gasteiger partial charge in [-0.15, -0.1) is 0 Å². The van der Waals surface area contributed by atoms with Crippen LogP contribution in [-0.4, -0.2) is 18.0 Å². The van der Waals surface area contributed by atoms with Gasteiger partial charge >= 0.3 is 0 Å². The molecule has 0 spiro atoms. The summed E-state index contributed by atoms with van der Waals surface area (Å²) in [7, 11) is 1.66. The van der Waals surface area contributed by atoms with Crippen molar-refractivity contribution in [3.8, 4) is 5.75 Å². The van der Waals surface area contributed by atoms with Gasteiger partial charge in [-0.1, -0.05) is 36.4 Å². The van der Waals surface area contributed by atoms with E-state index in [1.165, 1.54) is 5.56 Å². The first-order valence-corrected chi connectivity index (χ1v) is 8.50. The molecule has 1 heterocycles. The molecular formula is C21H20N2O2. The van der Waals surface area contributed by atoms with E-state index in [2.05, 4.69) is 10.3 Å². The molecule has 2 aromatic carbocycles. The first-order valence-electron chi connectivity index (χ1n) is 8.50. The maximum Gasteiger partial charge on any atom is 0.224 e. The summed E-state index contributed by atoms with van der Waals surface area (Å²) < 4.78 is 5.18. The van der Waals surface area contributed by atoms with E-state index in [-0.39, 0.29) is 11.8 Å². The zero-order chi connectivity index (χ0) is 17.2. The van der Waals surface area contributed by atoms with E-state index >= 15 is 0 Å². The highest BCUT2D eigenvalue weighted by Gasteiger charge is 2.43. The van der Waals surface area contributed by atoms with E-state index in [9.17, 15) is 4.79 Å². The molecule has 0 radical (unpaired) electrons. The van der Waals surface area contributed by atoms with Gasteiger partial charge in [0.05, 0.1) is 12.6 Å². The molecule has 2 atom stereocenters. The second-order valence-electron chi connectivity index (χ2n) is 6.43. The molecule has 4 heteroatoms. The van der Waals surface area contributed by atoms with Gasteiger partial charge in [-0.3, -0.25) is 9.78 Å². The monoisotopic (exact) mass is 332 g/mol. The molecule has 126 valence electrons. The van der Waals surface area contributed by atoms with Crippen molar-refractivity contribution in [3.05, 3.63) is 71.9 Å². The minimum atomic E-state index is 0.0660. The molecule has 25 heavy (non-hydrogen) atoms. The van der Waals surface area contributed by atoms with Gasteiger partial charge in [0, 0.05) is 24.0 Å². The number of benzene rings is 2. The summed E-state index contributed by atoms with van der Waals surface area (Å²) >= 11 is 0. The molecule has 4 rings (SSSR count). The number of nitrogens with zero attached hydrogens (tertiary/aromatic N) is 1. The van der Waals surface area contributed by atoms with Crippen LogP contribution in [0.3, 0.4) is 0 Å². The zero-order valence-corrected chi connectivity index (χ0v) is 14.1. The average Bonchev–Trinajstić information content (AvgIpc) is 3.47.